The van der Waals surface area contributed by atoms with Crippen molar-refractivity contribution in [1.82, 2.24) is 5.32 Å². The molecule has 0 radical (unpaired) electrons. The average Bonchev–Trinajstić information content (AvgIpc) is 2.30. The molecule has 13 heavy (non-hydrogen) atoms. The summed E-state index contributed by atoms with van der Waals surface area (Å²) in [6, 6.07) is 4.68. The molecule has 1 atom stereocenters. The van der Waals surface area contributed by atoms with Crippen molar-refractivity contribution in [2.75, 3.05) is 6.54 Å². The number of hydrogen-bond donors (Lipinski definition) is 1. The Kier molecular flexibility index (Phi) is 1.40. The molecule has 1 N–H and O–H groups in total. The van der Waals surface area contributed by atoms with Gasteiger partial charge in [0.15, 0.2) is 0 Å². The second kappa shape index (κ2) is 2.38. The quantitative estimate of drug-likeness (QED) is 0.712. The Morgan fingerprint density at radius 2 is 2.31 bits per heavy atom. The summed E-state index contributed by atoms with van der Waals surface area (Å²) in [5.41, 5.74) is 0.574. The van der Waals surface area contributed by atoms with E-state index in [4.69, 9.17) is 4.42 Å². The Morgan fingerprint density at radius 3 is 2.69 bits per heavy atom. The van der Waals surface area contributed by atoms with Crippen LogP contribution in [0.1, 0.15) is 36.8 Å². The minimum absolute atomic E-state index is 0.509. The fourth-order valence-electron chi connectivity index (χ4n) is 2.60. The van der Waals surface area contributed by atoms with E-state index in [0.717, 1.165) is 11.5 Å². The molecule has 70 valence electrons. The predicted molar refractivity (Wildman–Crippen MR) is 50.5 cm³/mol. The van der Waals surface area contributed by atoms with Crippen molar-refractivity contribution in [2.24, 2.45) is 5.41 Å². The zero-order valence-electron chi connectivity index (χ0n) is 7.97. The van der Waals surface area contributed by atoms with E-state index in [9.17, 15) is 0 Å². The summed E-state index contributed by atoms with van der Waals surface area (Å²) in [5.74, 6) is 2.17. The van der Waals surface area contributed by atoms with Crippen molar-refractivity contribution in [2.45, 2.75) is 32.2 Å². The molecule has 1 unspecified atom stereocenters. The second-order valence-corrected chi connectivity index (χ2v) is 4.48. The van der Waals surface area contributed by atoms with Gasteiger partial charge in [0.25, 0.3) is 0 Å². The van der Waals surface area contributed by atoms with Gasteiger partial charge in [0.2, 0.25) is 0 Å². The van der Waals surface area contributed by atoms with Gasteiger partial charge in [0, 0.05) is 12.0 Å². The third-order valence-electron chi connectivity index (χ3n) is 3.67. The lowest BCUT2D eigenvalue weighted by atomic mass is 9.59. The topological polar surface area (TPSA) is 25.2 Å². The molecule has 2 aliphatic rings. The fourth-order valence-corrected chi connectivity index (χ4v) is 2.60. The highest BCUT2D eigenvalue weighted by molar-refractivity contribution is 5.19. The minimum atomic E-state index is 0.509. The lowest BCUT2D eigenvalue weighted by Crippen LogP contribution is -2.59. The first-order chi connectivity index (χ1) is 6.30. The van der Waals surface area contributed by atoms with Gasteiger partial charge in [-0.05, 0) is 31.9 Å². The third kappa shape index (κ3) is 0.923. The Balaban J connectivity index is 1.86. The Bertz CT molecular complexity index is 319. The predicted octanol–water partition coefficient (Wildman–Crippen LogP) is 2.40. The molecule has 3 rings (SSSR count). The first-order valence-electron chi connectivity index (χ1n) is 5.10. The van der Waals surface area contributed by atoms with Crippen LogP contribution in [-0.2, 0) is 0 Å². The molecule has 1 saturated carbocycles. The van der Waals surface area contributed by atoms with Crippen LogP contribution in [0.25, 0.3) is 0 Å². The average molecular weight is 177 g/mol. The first-order valence-corrected chi connectivity index (χ1v) is 5.10. The van der Waals surface area contributed by atoms with E-state index in [2.05, 4.69) is 17.4 Å². The molecular weight excluding hydrogens is 162 g/mol. The molecule has 1 aliphatic carbocycles. The van der Waals surface area contributed by atoms with Crippen molar-refractivity contribution in [3.63, 3.8) is 0 Å². The molecule has 2 heterocycles. The van der Waals surface area contributed by atoms with Crippen LogP contribution in [0.3, 0.4) is 0 Å². The summed E-state index contributed by atoms with van der Waals surface area (Å²) in [6.45, 7) is 3.20. The summed E-state index contributed by atoms with van der Waals surface area (Å²) >= 11 is 0. The maximum atomic E-state index is 5.66. The number of furan rings is 1. The standard InChI is InChI=1S/C11H15NO/c1-8-3-4-9(13-8)10-11(7-12-10)5-2-6-11/h3-4,10,12H,2,5-7H2,1H3. The lowest BCUT2D eigenvalue weighted by Gasteiger charge is -2.55. The summed E-state index contributed by atoms with van der Waals surface area (Å²) in [4.78, 5) is 0. The number of hydrogen-bond acceptors (Lipinski definition) is 2. The molecule has 1 aromatic heterocycles. The SMILES string of the molecule is Cc1ccc(C2NCC23CCC3)o1. The van der Waals surface area contributed by atoms with E-state index in [0.29, 0.717) is 11.5 Å². The molecule has 1 aliphatic heterocycles. The van der Waals surface area contributed by atoms with Crippen molar-refractivity contribution in [3.8, 4) is 0 Å². The zero-order valence-corrected chi connectivity index (χ0v) is 7.97. The van der Waals surface area contributed by atoms with Crippen LogP contribution in [0.4, 0.5) is 0 Å². The van der Waals surface area contributed by atoms with E-state index < -0.39 is 0 Å². The molecule has 1 spiro atoms. The maximum Gasteiger partial charge on any atom is 0.121 e. The molecule has 1 saturated heterocycles. The lowest BCUT2D eigenvalue weighted by molar-refractivity contribution is -0.0162. The molecule has 0 aromatic carbocycles. The monoisotopic (exact) mass is 177 g/mol. The van der Waals surface area contributed by atoms with Gasteiger partial charge < -0.3 is 9.73 Å². The van der Waals surface area contributed by atoms with Gasteiger partial charge in [-0.15, -0.1) is 0 Å². The molecule has 2 fully saturated rings. The van der Waals surface area contributed by atoms with E-state index >= 15 is 0 Å². The van der Waals surface area contributed by atoms with Crippen LogP contribution in [0, 0.1) is 12.3 Å². The highest BCUT2D eigenvalue weighted by Gasteiger charge is 2.52. The van der Waals surface area contributed by atoms with Gasteiger partial charge in [-0.3, -0.25) is 0 Å². The summed E-state index contributed by atoms with van der Waals surface area (Å²) in [5, 5.41) is 3.47. The van der Waals surface area contributed by atoms with Gasteiger partial charge in [-0.1, -0.05) is 6.42 Å². The molecule has 2 heteroatoms. The largest absolute Gasteiger partial charge is 0.465 e. The minimum Gasteiger partial charge on any atom is -0.465 e. The molecule has 0 bridgehead atoms. The number of nitrogens with one attached hydrogen (secondary N) is 1. The number of rotatable bonds is 1. The normalized spacial score (nSPS) is 29.8. The molecular formula is C11H15NO. The zero-order chi connectivity index (χ0) is 8.89. The van der Waals surface area contributed by atoms with Crippen LogP contribution in [0.2, 0.25) is 0 Å². The first kappa shape index (κ1) is 7.63. The van der Waals surface area contributed by atoms with Crippen LogP contribution in [0.15, 0.2) is 16.5 Å². The van der Waals surface area contributed by atoms with Gasteiger partial charge in [0.1, 0.15) is 11.5 Å². The smallest absolute Gasteiger partial charge is 0.121 e. The Hall–Kier alpha value is -0.760. The highest BCUT2D eigenvalue weighted by Crippen LogP contribution is 2.55. The molecule has 1 aromatic rings. The van der Waals surface area contributed by atoms with Gasteiger partial charge >= 0.3 is 0 Å². The van der Waals surface area contributed by atoms with E-state index in [-0.39, 0.29) is 0 Å². The van der Waals surface area contributed by atoms with E-state index in [1.54, 1.807) is 0 Å². The Labute approximate surface area is 78.3 Å². The van der Waals surface area contributed by atoms with Crippen molar-refractivity contribution < 1.29 is 4.42 Å². The van der Waals surface area contributed by atoms with Gasteiger partial charge in [0.05, 0.1) is 6.04 Å². The third-order valence-corrected chi connectivity index (χ3v) is 3.67. The summed E-state index contributed by atoms with van der Waals surface area (Å²) < 4.78 is 5.66. The van der Waals surface area contributed by atoms with Crippen molar-refractivity contribution >= 4 is 0 Å². The maximum absolute atomic E-state index is 5.66. The van der Waals surface area contributed by atoms with Crippen molar-refractivity contribution in [3.05, 3.63) is 23.7 Å². The van der Waals surface area contributed by atoms with E-state index in [1.807, 2.05) is 6.92 Å². The van der Waals surface area contributed by atoms with E-state index in [1.165, 1.54) is 25.8 Å². The summed E-state index contributed by atoms with van der Waals surface area (Å²) in [6.07, 6.45) is 4.16. The van der Waals surface area contributed by atoms with Crippen LogP contribution < -0.4 is 5.32 Å². The van der Waals surface area contributed by atoms with Crippen LogP contribution >= 0.6 is 0 Å². The van der Waals surface area contributed by atoms with Gasteiger partial charge in [-0.2, -0.15) is 0 Å². The van der Waals surface area contributed by atoms with Crippen LogP contribution in [-0.4, -0.2) is 6.54 Å². The van der Waals surface area contributed by atoms with Crippen molar-refractivity contribution in [1.29, 1.82) is 0 Å². The number of aryl methyl sites for hydroxylation is 1. The second-order valence-electron chi connectivity index (χ2n) is 4.48. The highest BCUT2D eigenvalue weighted by atomic mass is 16.3. The fraction of sp³-hybridized carbons (Fsp3) is 0.636. The van der Waals surface area contributed by atoms with Gasteiger partial charge in [-0.25, -0.2) is 0 Å². The molecule has 0 amide bonds. The Morgan fingerprint density at radius 1 is 1.46 bits per heavy atom. The molecule has 2 nitrogen and oxygen atoms in total. The summed E-state index contributed by atoms with van der Waals surface area (Å²) in [7, 11) is 0. The van der Waals surface area contributed by atoms with Crippen LogP contribution in [0.5, 0.6) is 0 Å².